The molecular weight excluding hydrogens is 166 g/mol. The van der Waals surface area contributed by atoms with Crippen molar-refractivity contribution in [3.05, 3.63) is 0 Å². The van der Waals surface area contributed by atoms with Crippen LogP contribution in [0.4, 0.5) is 8.78 Å². The number of likely N-dealkylation sites (N-methyl/N-ethyl adjacent to an activating group) is 1. The van der Waals surface area contributed by atoms with Crippen molar-refractivity contribution in [2.45, 2.75) is 19.0 Å². The second-order valence-corrected chi connectivity index (χ2v) is 3.29. The third kappa shape index (κ3) is 5.40. The van der Waals surface area contributed by atoms with Gasteiger partial charge in [0.2, 0.25) is 0 Å². The van der Waals surface area contributed by atoms with Crippen LogP contribution in [0.3, 0.4) is 0 Å². The Balaban J connectivity index is 3.75. The van der Waals surface area contributed by atoms with Gasteiger partial charge >= 0.3 is 0 Å². The van der Waals surface area contributed by atoms with E-state index >= 15 is 0 Å². The molecule has 74 valence electrons. The van der Waals surface area contributed by atoms with Crippen molar-refractivity contribution in [2.24, 2.45) is 5.73 Å². The zero-order valence-corrected chi connectivity index (χ0v) is 7.43. The summed E-state index contributed by atoms with van der Waals surface area (Å²) in [5.41, 5.74) is 4.14. The first kappa shape index (κ1) is 11.7. The third-order valence-electron chi connectivity index (χ3n) is 1.50. The molecule has 0 aliphatic rings. The molecule has 5 heteroatoms. The van der Waals surface area contributed by atoms with Crippen LogP contribution in [0.2, 0.25) is 0 Å². The number of alkyl halides is 2. The Bertz CT molecular complexity index is 131. The van der Waals surface area contributed by atoms with Crippen molar-refractivity contribution in [3.63, 3.8) is 0 Å². The Morgan fingerprint density at radius 2 is 2.08 bits per heavy atom. The van der Waals surface area contributed by atoms with Gasteiger partial charge in [-0.1, -0.05) is 0 Å². The molecule has 0 saturated carbocycles. The molecule has 0 aromatic heterocycles. The summed E-state index contributed by atoms with van der Waals surface area (Å²) in [6.07, 6.45) is -2.37. The summed E-state index contributed by atoms with van der Waals surface area (Å²) in [5.74, 6) is 0. The van der Waals surface area contributed by atoms with Gasteiger partial charge in [-0.25, -0.2) is 8.78 Å². The maximum absolute atomic E-state index is 11.8. The lowest BCUT2D eigenvalue weighted by Gasteiger charge is -2.27. The Morgan fingerprint density at radius 1 is 1.58 bits per heavy atom. The van der Waals surface area contributed by atoms with Crippen LogP contribution in [-0.2, 0) is 0 Å². The van der Waals surface area contributed by atoms with Crippen LogP contribution in [0, 0.1) is 0 Å². The number of rotatable bonds is 5. The predicted molar refractivity (Wildman–Crippen MR) is 43.2 cm³/mol. The van der Waals surface area contributed by atoms with E-state index < -0.39 is 12.0 Å². The highest BCUT2D eigenvalue weighted by atomic mass is 19.3. The number of nitrogens with zero attached hydrogens (tertiary/aromatic N) is 1. The maximum Gasteiger partial charge on any atom is 0.251 e. The monoisotopic (exact) mass is 182 g/mol. The quantitative estimate of drug-likeness (QED) is 0.624. The Morgan fingerprint density at radius 3 is 2.42 bits per heavy atom. The van der Waals surface area contributed by atoms with Gasteiger partial charge < -0.3 is 10.8 Å². The fraction of sp³-hybridized carbons (Fsp3) is 1.00. The van der Waals surface area contributed by atoms with Gasteiger partial charge in [-0.15, -0.1) is 0 Å². The van der Waals surface area contributed by atoms with Crippen molar-refractivity contribution in [1.29, 1.82) is 0 Å². The van der Waals surface area contributed by atoms with E-state index in [1.54, 1.807) is 0 Å². The summed E-state index contributed by atoms with van der Waals surface area (Å²) in [6.45, 7) is 1.42. The van der Waals surface area contributed by atoms with E-state index in [1.807, 2.05) is 0 Å². The molecule has 3 nitrogen and oxygen atoms in total. The topological polar surface area (TPSA) is 49.5 Å². The highest BCUT2D eigenvalue weighted by molar-refractivity contribution is 4.77. The summed E-state index contributed by atoms with van der Waals surface area (Å²) in [7, 11) is 1.52. The second-order valence-electron chi connectivity index (χ2n) is 3.29. The molecule has 12 heavy (non-hydrogen) atoms. The average molecular weight is 182 g/mol. The second kappa shape index (κ2) is 4.69. The SMILES string of the molecule is CN(CC(F)F)CC(C)(O)CN. The standard InChI is InChI=1S/C7H16F2N2O/c1-7(12,4-10)5-11(2)3-6(8)9/h6,12H,3-5,10H2,1-2H3. The largest absolute Gasteiger partial charge is 0.388 e. The Hall–Kier alpha value is -0.260. The molecule has 1 atom stereocenters. The third-order valence-corrected chi connectivity index (χ3v) is 1.50. The van der Waals surface area contributed by atoms with Crippen LogP contribution in [0.1, 0.15) is 6.92 Å². The number of aliphatic hydroxyl groups is 1. The van der Waals surface area contributed by atoms with E-state index in [4.69, 9.17) is 5.73 Å². The van der Waals surface area contributed by atoms with Crippen LogP contribution < -0.4 is 5.73 Å². The number of nitrogens with two attached hydrogens (primary N) is 1. The molecule has 0 aliphatic heterocycles. The number of hydrogen-bond donors (Lipinski definition) is 2. The Labute approximate surface area is 71.2 Å². The van der Waals surface area contributed by atoms with Gasteiger partial charge in [-0.2, -0.15) is 0 Å². The lowest BCUT2D eigenvalue weighted by molar-refractivity contribution is 0.0154. The molecule has 0 amide bonds. The smallest absolute Gasteiger partial charge is 0.251 e. The molecule has 0 aliphatic carbocycles. The molecular formula is C7H16F2N2O. The highest BCUT2D eigenvalue weighted by Crippen LogP contribution is 2.04. The summed E-state index contributed by atoms with van der Waals surface area (Å²) in [5, 5.41) is 9.39. The molecule has 0 bridgehead atoms. The van der Waals surface area contributed by atoms with Crippen LogP contribution in [0.5, 0.6) is 0 Å². The van der Waals surface area contributed by atoms with Gasteiger partial charge in [0.05, 0.1) is 12.1 Å². The molecule has 0 heterocycles. The van der Waals surface area contributed by atoms with Gasteiger partial charge in [-0.05, 0) is 14.0 Å². The lowest BCUT2D eigenvalue weighted by atomic mass is 10.1. The molecule has 0 spiro atoms. The minimum absolute atomic E-state index is 0.0700. The van der Waals surface area contributed by atoms with Gasteiger partial charge in [0, 0.05) is 13.1 Å². The van der Waals surface area contributed by atoms with Crippen molar-refractivity contribution in [2.75, 3.05) is 26.7 Å². The van der Waals surface area contributed by atoms with Crippen LogP contribution in [0.25, 0.3) is 0 Å². The highest BCUT2D eigenvalue weighted by Gasteiger charge is 2.21. The van der Waals surface area contributed by atoms with Gasteiger partial charge in [0.1, 0.15) is 0 Å². The van der Waals surface area contributed by atoms with Crippen molar-refractivity contribution >= 4 is 0 Å². The van der Waals surface area contributed by atoms with E-state index in [0.29, 0.717) is 0 Å². The molecule has 0 saturated heterocycles. The summed E-state index contributed by atoms with van der Waals surface area (Å²) >= 11 is 0. The first-order chi connectivity index (χ1) is 5.37. The van der Waals surface area contributed by atoms with E-state index in [0.717, 1.165) is 0 Å². The van der Waals surface area contributed by atoms with Gasteiger partial charge in [0.25, 0.3) is 6.43 Å². The first-order valence-corrected chi connectivity index (χ1v) is 3.76. The number of halogens is 2. The summed E-state index contributed by atoms with van der Waals surface area (Å²) in [4.78, 5) is 1.36. The van der Waals surface area contributed by atoms with E-state index in [-0.39, 0.29) is 19.6 Å². The first-order valence-electron chi connectivity index (χ1n) is 3.76. The molecule has 0 fully saturated rings. The lowest BCUT2D eigenvalue weighted by Crippen LogP contribution is -2.45. The molecule has 0 aromatic carbocycles. The number of hydrogen-bond acceptors (Lipinski definition) is 3. The molecule has 3 N–H and O–H groups in total. The van der Waals surface area contributed by atoms with E-state index in [9.17, 15) is 13.9 Å². The fourth-order valence-electron chi connectivity index (χ4n) is 0.946. The van der Waals surface area contributed by atoms with Crippen LogP contribution in [-0.4, -0.2) is 48.7 Å². The van der Waals surface area contributed by atoms with E-state index in [1.165, 1.54) is 18.9 Å². The average Bonchev–Trinajstić information content (AvgIpc) is 1.84. The van der Waals surface area contributed by atoms with Crippen molar-refractivity contribution in [1.82, 2.24) is 4.90 Å². The van der Waals surface area contributed by atoms with E-state index in [2.05, 4.69) is 0 Å². The van der Waals surface area contributed by atoms with Gasteiger partial charge in [-0.3, -0.25) is 4.90 Å². The zero-order chi connectivity index (χ0) is 9.78. The van der Waals surface area contributed by atoms with Gasteiger partial charge in [0.15, 0.2) is 0 Å². The molecule has 0 aromatic rings. The predicted octanol–water partition coefficient (Wildman–Crippen LogP) is -0.107. The molecule has 1 unspecified atom stereocenters. The molecule has 0 radical (unpaired) electrons. The maximum atomic E-state index is 11.8. The Kier molecular flexibility index (Phi) is 4.59. The normalized spacial score (nSPS) is 17.0. The zero-order valence-electron chi connectivity index (χ0n) is 7.43. The minimum atomic E-state index is -2.37. The van der Waals surface area contributed by atoms with Crippen molar-refractivity contribution < 1.29 is 13.9 Å². The fourth-order valence-corrected chi connectivity index (χ4v) is 0.946. The van der Waals surface area contributed by atoms with Crippen molar-refractivity contribution in [3.8, 4) is 0 Å². The summed E-state index contributed by atoms with van der Waals surface area (Å²) < 4.78 is 23.6. The van der Waals surface area contributed by atoms with Crippen LogP contribution in [0.15, 0.2) is 0 Å². The molecule has 0 rings (SSSR count). The minimum Gasteiger partial charge on any atom is -0.388 e. The summed E-state index contributed by atoms with van der Waals surface area (Å²) in [6, 6.07) is 0. The van der Waals surface area contributed by atoms with Crippen LogP contribution >= 0.6 is 0 Å².